The van der Waals surface area contributed by atoms with Crippen molar-refractivity contribution in [3.05, 3.63) is 41.7 Å². The van der Waals surface area contributed by atoms with Crippen LogP contribution in [0.15, 0.2) is 30.5 Å². The Hall–Kier alpha value is -1.88. The topological polar surface area (TPSA) is 60.2 Å². The lowest BCUT2D eigenvalue weighted by Gasteiger charge is -2.09. The Morgan fingerprint density at radius 1 is 1.47 bits per heavy atom. The van der Waals surface area contributed by atoms with Gasteiger partial charge in [0, 0.05) is 6.42 Å². The molecule has 0 spiro atoms. The van der Waals surface area contributed by atoms with Gasteiger partial charge in [-0.05, 0) is 18.1 Å². The van der Waals surface area contributed by atoms with Gasteiger partial charge in [-0.3, -0.25) is 0 Å². The highest BCUT2D eigenvalue weighted by molar-refractivity contribution is 5.37. The highest BCUT2D eigenvalue weighted by atomic mass is 16.5. The number of nitrogens with zero attached hydrogens (tertiary/aromatic N) is 3. The first-order valence-electron chi connectivity index (χ1n) is 6.59. The normalized spacial score (nSPS) is 18.9. The molecule has 2 heterocycles. The van der Waals surface area contributed by atoms with Crippen LogP contribution in [0.4, 0.5) is 0 Å². The molecule has 0 saturated carbocycles. The maximum atomic E-state index is 9.70. The van der Waals surface area contributed by atoms with Gasteiger partial charge < -0.3 is 9.84 Å². The minimum atomic E-state index is -0.532. The average molecular weight is 259 g/mol. The summed E-state index contributed by atoms with van der Waals surface area (Å²) in [6, 6.07) is 8.08. The zero-order chi connectivity index (χ0) is 13.2. The number of fused-ring (bicyclic) bond motifs is 1. The zero-order valence-corrected chi connectivity index (χ0v) is 10.9. The molecule has 100 valence electrons. The smallest absolute Gasteiger partial charge is 0.123 e. The molecule has 1 aliphatic heterocycles. The van der Waals surface area contributed by atoms with Crippen LogP contribution in [0.1, 0.15) is 30.7 Å². The van der Waals surface area contributed by atoms with Crippen LogP contribution in [0.2, 0.25) is 0 Å². The first-order valence-corrected chi connectivity index (χ1v) is 6.59. The summed E-state index contributed by atoms with van der Waals surface area (Å²) in [4.78, 5) is 0. The van der Waals surface area contributed by atoms with Gasteiger partial charge in [0.15, 0.2) is 0 Å². The molecule has 0 radical (unpaired) electrons. The van der Waals surface area contributed by atoms with Gasteiger partial charge in [-0.2, -0.15) is 0 Å². The Bertz CT molecular complexity index is 542. The van der Waals surface area contributed by atoms with Crippen LogP contribution in [0.25, 0.3) is 0 Å². The third kappa shape index (κ3) is 2.46. The van der Waals surface area contributed by atoms with Gasteiger partial charge in [-0.15, -0.1) is 5.10 Å². The van der Waals surface area contributed by atoms with Crippen molar-refractivity contribution in [2.24, 2.45) is 0 Å². The predicted octanol–water partition coefficient (Wildman–Crippen LogP) is 1.73. The van der Waals surface area contributed by atoms with Crippen molar-refractivity contribution >= 4 is 0 Å². The van der Waals surface area contributed by atoms with E-state index in [1.165, 1.54) is 5.56 Å². The molecular formula is C14H17N3O2. The Kier molecular flexibility index (Phi) is 3.21. The number of rotatable bonds is 4. The van der Waals surface area contributed by atoms with E-state index in [-0.39, 0.29) is 6.10 Å². The van der Waals surface area contributed by atoms with Gasteiger partial charge >= 0.3 is 0 Å². The third-order valence-electron chi connectivity index (χ3n) is 3.39. The molecule has 2 unspecified atom stereocenters. The van der Waals surface area contributed by atoms with Gasteiger partial charge in [-0.1, -0.05) is 30.3 Å². The maximum absolute atomic E-state index is 9.70. The molecule has 5 nitrogen and oxygen atoms in total. The number of ether oxygens (including phenoxy) is 1. The number of para-hydroxylation sites is 1. The molecule has 1 aromatic carbocycles. The summed E-state index contributed by atoms with van der Waals surface area (Å²) in [7, 11) is 0. The van der Waals surface area contributed by atoms with Crippen LogP contribution in [0, 0.1) is 0 Å². The number of aliphatic hydroxyl groups excluding tert-OH is 1. The number of benzene rings is 1. The molecule has 5 heteroatoms. The molecule has 0 saturated heterocycles. The lowest BCUT2D eigenvalue weighted by atomic mass is 10.1. The third-order valence-corrected chi connectivity index (χ3v) is 3.39. The van der Waals surface area contributed by atoms with Crippen molar-refractivity contribution in [2.75, 3.05) is 0 Å². The van der Waals surface area contributed by atoms with Crippen LogP contribution in [-0.2, 0) is 13.0 Å². The van der Waals surface area contributed by atoms with Gasteiger partial charge in [0.1, 0.15) is 17.5 Å². The largest absolute Gasteiger partial charge is 0.488 e. The summed E-state index contributed by atoms with van der Waals surface area (Å²) in [5.74, 6) is 0.960. The lowest BCUT2D eigenvalue weighted by Crippen LogP contribution is -2.21. The summed E-state index contributed by atoms with van der Waals surface area (Å²) in [5.41, 5.74) is 1.86. The SMILES string of the molecule is CCC(O)c1cn(CC2Cc3ccccc3O2)nn1. The fourth-order valence-corrected chi connectivity index (χ4v) is 2.33. The van der Waals surface area contributed by atoms with E-state index in [4.69, 9.17) is 4.74 Å². The van der Waals surface area contributed by atoms with Crippen LogP contribution >= 0.6 is 0 Å². The van der Waals surface area contributed by atoms with Crippen molar-refractivity contribution in [1.82, 2.24) is 15.0 Å². The number of aromatic nitrogens is 3. The molecule has 2 aromatic rings. The summed E-state index contributed by atoms with van der Waals surface area (Å²) >= 11 is 0. The van der Waals surface area contributed by atoms with E-state index in [0.717, 1.165) is 12.2 Å². The minimum Gasteiger partial charge on any atom is -0.488 e. The minimum absolute atomic E-state index is 0.0886. The number of hydrogen-bond acceptors (Lipinski definition) is 4. The summed E-state index contributed by atoms with van der Waals surface area (Å²) in [6.45, 7) is 2.57. The van der Waals surface area contributed by atoms with E-state index in [1.54, 1.807) is 10.9 Å². The molecule has 1 aromatic heterocycles. The summed E-state index contributed by atoms with van der Waals surface area (Å²) in [6.07, 6.45) is 2.88. The molecule has 1 N–H and O–H groups in total. The van der Waals surface area contributed by atoms with Crippen LogP contribution in [-0.4, -0.2) is 26.2 Å². The second kappa shape index (κ2) is 5.01. The zero-order valence-electron chi connectivity index (χ0n) is 10.9. The predicted molar refractivity (Wildman–Crippen MR) is 69.8 cm³/mol. The first kappa shape index (κ1) is 12.2. The van der Waals surface area contributed by atoms with Gasteiger partial charge in [0.05, 0.1) is 18.8 Å². The Balaban J connectivity index is 1.66. The van der Waals surface area contributed by atoms with E-state index in [0.29, 0.717) is 18.7 Å². The van der Waals surface area contributed by atoms with Gasteiger partial charge in [0.25, 0.3) is 0 Å². The molecule has 2 atom stereocenters. The van der Waals surface area contributed by atoms with Crippen molar-refractivity contribution in [1.29, 1.82) is 0 Å². The Morgan fingerprint density at radius 2 is 2.32 bits per heavy atom. The number of aliphatic hydroxyl groups is 1. The van der Waals surface area contributed by atoms with Gasteiger partial charge in [-0.25, -0.2) is 4.68 Å². The molecule has 0 aliphatic carbocycles. The average Bonchev–Trinajstić information content (AvgIpc) is 3.04. The van der Waals surface area contributed by atoms with Crippen LogP contribution in [0.5, 0.6) is 5.75 Å². The van der Waals surface area contributed by atoms with E-state index < -0.39 is 6.10 Å². The lowest BCUT2D eigenvalue weighted by molar-refractivity contribution is 0.168. The molecule has 0 fully saturated rings. The van der Waals surface area contributed by atoms with E-state index in [2.05, 4.69) is 16.4 Å². The first-order chi connectivity index (χ1) is 9.26. The van der Waals surface area contributed by atoms with Crippen molar-refractivity contribution < 1.29 is 9.84 Å². The highest BCUT2D eigenvalue weighted by Crippen LogP contribution is 2.28. The quantitative estimate of drug-likeness (QED) is 0.908. The van der Waals surface area contributed by atoms with Crippen molar-refractivity contribution in [2.45, 2.75) is 38.5 Å². The van der Waals surface area contributed by atoms with Crippen molar-refractivity contribution in [3.63, 3.8) is 0 Å². The second-order valence-corrected chi connectivity index (χ2v) is 4.84. The maximum Gasteiger partial charge on any atom is 0.123 e. The molecular weight excluding hydrogens is 242 g/mol. The number of hydrogen-bond donors (Lipinski definition) is 1. The summed E-state index contributed by atoms with van der Waals surface area (Å²) < 4.78 is 7.60. The monoisotopic (exact) mass is 259 g/mol. The van der Waals surface area contributed by atoms with E-state index >= 15 is 0 Å². The molecule has 0 bridgehead atoms. The molecule has 0 amide bonds. The van der Waals surface area contributed by atoms with Crippen molar-refractivity contribution in [3.8, 4) is 5.75 Å². The highest BCUT2D eigenvalue weighted by Gasteiger charge is 2.23. The Labute approximate surface area is 111 Å². The molecule has 3 rings (SSSR count). The van der Waals surface area contributed by atoms with Crippen LogP contribution < -0.4 is 4.74 Å². The summed E-state index contributed by atoms with van der Waals surface area (Å²) in [5, 5.41) is 17.7. The van der Waals surface area contributed by atoms with Crippen LogP contribution in [0.3, 0.4) is 0 Å². The van der Waals surface area contributed by atoms with E-state index in [1.807, 2.05) is 25.1 Å². The Morgan fingerprint density at radius 3 is 3.11 bits per heavy atom. The molecule has 1 aliphatic rings. The fraction of sp³-hybridized carbons (Fsp3) is 0.429. The molecule has 19 heavy (non-hydrogen) atoms. The van der Waals surface area contributed by atoms with Gasteiger partial charge in [0.2, 0.25) is 0 Å². The fourth-order valence-electron chi connectivity index (χ4n) is 2.33. The second-order valence-electron chi connectivity index (χ2n) is 4.84. The standard InChI is InChI=1S/C14H17N3O2/c1-2-13(18)12-9-17(16-15-12)8-11-7-10-5-3-4-6-14(10)19-11/h3-6,9,11,13,18H,2,7-8H2,1H3. The van der Waals surface area contributed by atoms with E-state index in [9.17, 15) is 5.11 Å².